The van der Waals surface area contributed by atoms with Gasteiger partial charge in [-0.05, 0) is 85.4 Å². The average Bonchev–Trinajstić information content (AvgIpc) is 2.97. The molecule has 0 fully saturated rings. The summed E-state index contributed by atoms with van der Waals surface area (Å²) in [6, 6.07) is 18.5. The first-order valence-electron chi connectivity index (χ1n) is 14.9. The fraction of sp³-hybridized carbons (Fsp3) is 0.441. The van der Waals surface area contributed by atoms with Gasteiger partial charge in [-0.3, -0.25) is 4.79 Å². The second-order valence-corrected chi connectivity index (χ2v) is 10.9. The third-order valence-corrected chi connectivity index (χ3v) is 7.38. The summed E-state index contributed by atoms with van der Waals surface area (Å²) in [5, 5.41) is 33.7. The summed E-state index contributed by atoms with van der Waals surface area (Å²) in [5.41, 5.74) is 4.06. The molecule has 3 rings (SSSR count). The maximum Gasteiger partial charge on any atom is 0.336 e. The van der Waals surface area contributed by atoms with Crippen LogP contribution in [0.15, 0.2) is 54.6 Å². The topological polar surface area (TPSA) is 142 Å². The van der Waals surface area contributed by atoms with Crippen molar-refractivity contribution in [3.63, 3.8) is 0 Å². The Morgan fingerprint density at radius 3 is 2.07 bits per heavy atom. The van der Waals surface area contributed by atoms with E-state index in [0.29, 0.717) is 25.1 Å². The first kappa shape index (κ1) is 33.6. The fourth-order valence-corrected chi connectivity index (χ4v) is 5.10. The highest BCUT2D eigenvalue weighted by atomic mass is 16.6. The van der Waals surface area contributed by atoms with Gasteiger partial charge in [-0.15, -0.1) is 0 Å². The zero-order valence-corrected chi connectivity index (χ0v) is 25.0. The van der Waals surface area contributed by atoms with Crippen molar-refractivity contribution in [2.75, 3.05) is 19.8 Å². The number of carboxylic acids is 2. The zero-order valence-electron chi connectivity index (χ0n) is 25.0. The standard InChI is InChI=1S/C34H43NO8/c1-23-19-26(20-24(2)30(23)38)12-5-3-9-17-35-33(39)31(32(34(40)41)43-22-29(36)37)42-18-10-4-6-11-25-15-16-27-13-7-8-14-28(27)21-25/h7-8,13-16,19-21,31-32,38H,3-6,9-12,17-18,22H2,1-2H3,(H,35,39)(H,36,37)(H,40,41). The zero-order chi connectivity index (χ0) is 31.2. The van der Waals surface area contributed by atoms with Gasteiger partial charge >= 0.3 is 11.9 Å². The molecule has 3 aromatic carbocycles. The number of hydrogen-bond donors (Lipinski definition) is 4. The van der Waals surface area contributed by atoms with Gasteiger partial charge in [0.25, 0.3) is 5.91 Å². The monoisotopic (exact) mass is 593 g/mol. The molecule has 9 nitrogen and oxygen atoms in total. The number of nitrogens with one attached hydrogen (secondary N) is 1. The van der Waals surface area contributed by atoms with Gasteiger partial charge in [0.05, 0.1) is 0 Å². The van der Waals surface area contributed by atoms with E-state index in [-0.39, 0.29) is 6.61 Å². The number of hydrogen-bond acceptors (Lipinski definition) is 6. The Labute approximate surface area is 252 Å². The van der Waals surface area contributed by atoms with E-state index in [4.69, 9.17) is 14.6 Å². The van der Waals surface area contributed by atoms with Gasteiger partial charge in [0, 0.05) is 13.2 Å². The maximum absolute atomic E-state index is 13.0. The first-order chi connectivity index (χ1) is 20.7. The number of aromatic hydroxyl groups is 1. The lowest BCUT2D eigenvalue weighted by molar-refractivity contribution is -0.172. The molecule has 0 bridgehead atoms. The molecule has 0 saturated carbocycles. The number of aliphatic carboxylic acids is 2. The van der Waals surface area contributed by atoms with Gasteiger partial charge in [0.2, 0.25) is 0 Å². The van der Waals surface area contributed by atoms with E-state index in [1.54, 1.807) is 0 Å². The quantitative estimate of drug-likeness (QED) is 0.136. The van der Waals surface area contributed by atoms with Gasteiger partial charge in [0.1, 0.15) is 12.4 Å². The largest absolute Gasteiger partial charge is 0.507 e. The van der Waals surface area contributed by atoms with Gasteiger partial charge < -0.3 is 30.1 Å². The van der Waals surface area contributed by atoms with Crippen molar-refractivity contribution in [2.45, 2.75) is 77.4 Å². The van der Waals surface area contributed by atoms with Crippen LogP contribution >= 0.6 is 0 Å². The molecule has 4 N–H and O–H groups in total. The summed E-state index contributed by atoms with van der Waals surface area (Å²) in [6.45, 7) is 3.35. The van der Waals surface area contributed by atoms with E-state index in [0.717, 1.165) is 55.2 Å². The average molecular weight is 594 g/mol. The molecule has 0 aliphatic carbocycles. The van der Waals surface area contributed by atoms with Crippen LogP contribution in [0.25, 0.3) is 10.8 Å². The molecule has 0 heterocycles. The van der Waals surface area contributed by atoms with Crippen LogP contribution in [-0.2, 0) is 36.7 Å². The molecule has 0 saturated heterocycles. The molecule has 9 heteroatoms. The highest BCUT2D eigenvalue weighted by molar-refractivity contribution is 5.88. The molecule has 0 spiro atoms. The number of rotatable bonds is 19. The van der Waals surface area contributed by atoms with E-state index in [9.17, 15) is 24.6 Å². The number of benzene rings is 3. The summed E-state index contributed by atoms with van der Waals surface area (Å²) < 4.78 is 10.7. The maximum atomic E-state index is 13.0. The third-order valence-electron chi connectivity index (χ3n) is 7.38. The van der Waals surface area contributed by atoms with Crippen molar-refractivity contribution >= 4 is 28.6 Å². The normalized spacial score (nSPS) is 12.6. The number of carboxylic acid groups (broad SMARTS) is 2. The molecular weight excluding hydrogens is 550 g/mol. The summed E-state index contributed by atoms with van der Waals surface area (Å²) in [7, 11) is 0. The number of phenols is 1. The predicted octanol–water partition coefficient (Wildman–Crippen LogP) is 5.34. The van der Waals surface area contributed by atoms with Crippen LogP contribution in [0, 0.1) is 13.8 Å². The number of carbonyl (C=O) groups is 3. The summed E-state index contributed by atoms with van der Waals surface area (Å²) >= 11 is 0. The van der Waals surface area contributed by atoms with Gasteiger partial charge in [-0.1, -0.05) is 67.4 Å². The summed E-state index contributed by atoms with van der Waals surface area (Å²) in [5.74, 6) is -3.12. The molecular formula is C34H43NO8. The van der Waals surface area contributed by atoms with Crippen molar-refractivity contribution in [2.24, 2.45) is 0 Å². The molecule has 43 heavy (non-hydrogen) atoms. The van der Waals surface area contributed by atoms with Crippen molar-refractivity contribution in [3.8, 4) is 5.75 Å². The van der Waals surface area contributed by atoms with E-state index in [1.165, 1.54) is 16.3 Å². The molecule has 0 aliphatic rings. The Balaban J connectivity index is 1.44. The van der Waals surface area contributed by atoms with Crippen LogP contribution in [0.2, 0.25) is 0 Å². The summed E-state index contributed by atoms with van der Waals surface area (Å²) in [4.78, 5) is 35.8. The number of fused-ring (bicyclic) bond motifs is 1. The highest BCUT2D eigenvalue weighted by Crippen LogP contribution is 2.24. The summed E-state index contributed by atoms with van der Waals surface area (Å²) in [6.07, 6.45) is 3.24. The smallest absolute Gasteiger partial charge is 0.336 e. The predicted molar refractivity (Wildman–Crippen MR) is 164 cm³/mol. The molecule has 0 aliphatic heterocycles. The SMILES string of the molecule is Cc1cc(CCCCCNC(=O)C(OCCCCCc2ccc3ccccc3c2)C(OCC(=O)O)C(=O)O)cc(C)c1O. The van der Waals surface area contributed by atoms with Crippen molar-refractivity contribution in [3.05, 3.63) is 76.9 Å². The number of amides is 1. The Morgan fingerprint density at radius 1 is 0.744 bits per heavy atom. The minimum absolute atomic E-state index is 0.140. The number of aryl methyl sites for hydroxylation is 4. The fourth-order valence-electron chi connectivity index (χ4n) is 5.10. The highest BCUT2D eigenvalue weighted by Gasteiger charge is 2.36. The van der Waals surface area contributed by atoms with Crippen LogP contribution < -0.4 is 5.32 Å². The van der Waals surface area contributed by atoms with Crippen LogP contribution in [0.3, 0.4) is 0 Å². The van der Waals surface area contributed by atoms with Crippen LogP contribution in [0.5, 0.6) is 5.75 Å². The Kier molecular flexibility index (Phi) is 13.4. The van der Waals surface area contributed by atoms with Crippen LogP contribution in [-0.4, -0.2) is 65.1 Å². The number of carbonyl (C=O) groups excluding carboxylic acids is 1. The number of unbranched alkanes of at least 4 members (excludes halogenated alkanes) is 4. The van der Waals surface area contributed by atoms with Crippen molar-refractivity contribution in [1.29, 1.82) is 0 Å². The lowest BCUT2D eigenvalue weighted by Gasteiger charge is -2.23. The molecule has 232 valence electrons. The molecule has 2 unspecified atom stereocenters. The van der Waals surface area contributed by atoms with Crippen molar-refractivity contribution < 1.29 is 39.2 Å². The van der Waals surface area contributed by atoms with E-state index in [2.05, 4.69) is 35.6 Å². The minimum Gasteiger partial charge on any atom is -0.507 e. The molecule has 1 amide bonds. The molecule has 2 atom stereocenters. The van der Waals surface area contributed by atoms with Crippen molar-refractivity contribution in [1.82, 2.24) is 5.32 Å². The minimum atomic E-state index is -1.74. The molecule has 3 aromatic rings. The molecule has 0 radical (unpaired) electrons. The number of phenolic OH excluding ortho intramolecular Hbond substituents is 1. The Bertz CT molecular complexity index is 1350. The Morgan fingerprint density at radius 2 is 1.40 bits per heavy atom. The van der Waals surface area contributed by atoms with E-state index < -0.39 is 36.7 Å². The van der Waals surface area contributed by atoms with E-state index >= 15 is 0 Å². The molecule has 0 aromatic heterocycles. The van der Waals surface area contributed by atoms with E-state index in [1.807, 2.05) is 38.1 Å². The van der Waals surface area contributed by atoms with Gasteiger partial charge in [-0.25, -0.2) is 9.59 Å². The second kappa shape index (κ2) is 17.2. The Hall–Kier alpha value is -3.95. The second-order valence-electron chi connectivity index (χ2n) is 10.9. The van der Waals surface area contributed by atoms with Crippen LogP contribution in [0.1, 0.15) is 60.8 Å². The third kappa shape index (κ3) is 11.0. The first-order valence-corrected chi connectivity index (χ1v) is 14.9. The van der Waals surface area contributed by atoms with Crippen LogP contribution in [0.4, 0.5) is 0 Å². The van der Waals surface area contributed by atoms with Gasteiger partial charge in [-0.2, -0.15) is 0 Å². The lowest BCUT2D eigenvalue weighted by Crippen LogP contribution is -2.49. The van der Waals surface area contributed by atoms with Gasteiger partial charge in [0.15, 0.2) is 12.2 Å². The lowest BCUT2D eigenvalue weighted by atomic mass is 10.0. The number of ether oxygens (including phenoxy) is 2.